The Morgan fingerprint density at radius 1 is 1.46 bits per heavy atom. The lowest BCUT2D eigenvalue weighted by Crippen LogP contribution is -2.51. The van der Waals surface area contributed by atoms with E-state index in [9.17, 15) is 9.59 Å². The van der Waals surface area contributed by atoms with Gasteiger partial charge in [-0.2, -0.15) is 0 Å². The molecular formula is C16H22Cl2N4O2. The molecule has 1 aromatic rings. The van der Waals surface area contributed by atoms with Crippen molar-refractivity contribution in [3.63, 3.8) is 0 Å². The Morgan fingerprint density at radius 2 is 2.25 bits per heavy atom. The van der Waals surface area contributed by atoms with Crippen LogP contribution in [-0.2, 0) is 4.79 Å². The van der Waals surface area contributed by atoms with E-state index in [1.165, 1.54) is 0 Å². The van der Waals surface area contributed by atoms with Crippen LogP contribution in [-0.4, -0.2) is 49.6 Å². The van der Waals surface area contributed by atoms with Crippen molar-refractivity contribution in [3.8, 4) is 0 Å². The summed E-state index contributed by atoms with van der Waals surface area (Å²) in [4.78, 5) is 25.6. The molecule has 0 spiro atoms. The molecule has 0 bridgehead atoms. The Morgan fingerprint density at radius 3 is 2.96 bits per heavy atom. The molecule has 0 aromatic heterocycles. The first-order valence-corrected chi connectivity index (χ1v) is 7.86. The van der Waals surface area contributed by atoms with Gasteiger partial charge in [0.05, 0.1) is 6.54 Å². The van der Waals surface area contributed by atoms with Gasteiger partial charge in [-0.1, -0.05) is 29.8 Å². The molecule has 2 rings (SSSR count). The zero-order valence-corrected chi connectivity index (χ0v) is 14.8. The number of carbonyl (C=O) groups excluding carboxylic acids is 2. The van der Waals surface area contributed by atoms with Gasteiger partial charge in [0.25, 0.3) is 0 Å². The fourth-order valence-electron chi connectivity index (χ4n) is 2.54. The molecule has 1 aromatic carbocycles. The summed E-state index contributed by atoms with van der Waals surface area (Å²) < 4.78 is 0. The monoisotopic (exact) mass is 372 g/mol. The van der Waals surface area contributed by atoms with Gasteiger partial charge in [-0.25, -0.2) is 4.79 Å². The highest BCUT2D eigenvalue weighted by atomic mass is 35.5. The van der Waals surface area contributed by atoms with Crippen LogP contribution in [0.25, 0.3) is 0 Å². The van der Waals surface area contributed by atoms with E-state index >= 15 is 0 Å². The molecule has 1 saturated heterocycles. The van der Waals surface area contributed by atoms with Crippen LogP contribution in [0.4, 0.5) is 4.79 Å². The fourth-order valence-corrected chi connectivity index (χ4v) is 2.74. The molecule has 1 heterocycles. The van der Waals surface area contributed by atoms with Crippen LogP contribution in [0, 0.1) is 0 Å². The quantitative estimate of drug-likeness (QED) is 0.688. The topological polar surface area (TPSA) is 73.5 Å². The fraction of sp³-hybridized carbons (Fsp3) is 0.375. The first-order valence-electron chi connectivity index (χ1n) is 7.49. The summed E-state index contributed by atoms with van der Waals surface area (Å²) in [6.07, 6.45) is 1.55. The molecule has 0 aliphatic carbocycles. The molecule has 0 radical (unpaired) electrons. The van der Waals surface area contributed by atoms with Crippen molar-refractivity contribution >= 4 is 35.9 Å². The van der Waals surface area contributed by atoms with Gasteiger partial charge >= 0.3 is 6.03 Å². The number of amides is 3. The number of rotatable bonds is 5. The Labute approximate surface area is 153 Å². The van der Waals surface area contributed by atoms with E-state index < -0.39 is 6.03 Å². The Bertz CT molecular complexity index is 583. The highest BCUT2D eigenvalue weighted by Gasteiger charge is 2.26. The van der Waals surface area contributed by atoms with E-state index in [1.54, 1.807) is 6.08 Å². The molecule has 1 unspecified atom stereocenters. The van der Waals surface area contributed by atoms with Crippen LogP contribution >= 0.6 is 24.0 Å². The lowest BCUT2D eigenvalue weighted by atomic mass is 10.0. The van der Waals surface area contributed by atoms with Crippen molar-refractivity contribution in [1.82, 2.24) is 20.9 Å². The molecule has 0 saturated carbocycles. The SMILES string of the molecule is C=CCNC(=O)NC(=O)CN1CCNCC1c1cccc(Cl)c1.Cl. The highest BCUT2D eigenvalue weighted by Crippen LogP contribution is 2.24. The van der Waals surface area contributed by atoms with E-state index in [4.69, 9.17) is 11.6 Å². The predicted molar refractivity (Wildman–Crippen MR) is 97.6 cm³/mol. The molecular weight excluding hydrogens is 351 g/mol. The average molecular weight is 373 g/mol. The van der Waals surface area contributed by atoms with Crippen molar-refractivity contribution in [2.45, 2.75) is 6.04 Å². The Kier molecular flexibility index (Phi) is 8.78. The number of piperazine rings is 1. The number of nitrogens with one attached hydrogen (secondary N) is 3. The van der Waals surface area contributed by atoms with Gasteiger partial charge in [-0.3, -0.25) is 15.0 Å². The van der Waals surface area contributed by atoms with Crippen molar-refractivity contribution in [3.05, 3.63) is 47.5 Å². The van der Waals surface area contributed by atoms with Crippen molar-refractivity contribution in [2.24, 2.45) is 0 Å². The number of hydrogen-bond acceptors (Lipinski definition) is 4. The number of halogens is 2. The van der Waals surface area contributed by atoms with E-state index in [1.807, 2.05) is 29.2 Å². The maximum absolute atomic E-state index is 12.0. The molecule has 1 aliphatic heterocycles. The maximum Gasteiger partial charge on any atom is 0.321 e. The highest BCUT2D eigenvalue weighted by molar-refractivity contribution is 6.30. The second kappa shape index (κ2) is 10.3. The van der Waals surface area contributed by atoms with Gasteiger partial charge in [-0.05, 0) is 17.7 Å². The smallest absolute Gasteiger partial charge is 0.321 e. The number of urea groups is 1. The number of imide groups is 1. The average Bonchev–Trinajstić information content (AvgIpc) is 2.53. The molecule has 24 heavy (non-hydrogen) atoms. The van der Waals surface area contributed by atoms with Crippen LogP contribution in [0.2, 0.25) is 5.02 Å². The van der Waals surface area contributed by atoms with Crippen LogP contribution in [0.5, 0.6) is 0 Å². The molecule has 6 nitrogen and oxygen atoms in total. The lowest BCUT2D eigenvalue weighted by molar-refractivity contribution is -0.122. The van der Waals surface area contributed by atoms with E-state index in [-0.39, 0.29) is 30.9 Å². The minimum atomic E-state index is -0.510. The molecule has 1 fully saturated rings. The first kappa shape index (κ1) is 20.4. The summed E-state index contributed by atoms with van der Waals surface area (Å²) in [5.41, 5.74) is 1.05. The lowest BCUT2D eigenvalue weighted by Gasteiger charge is -2.36. The van der Waals surface area contributed by atoms with Gasteiger partial charge in [0.2, 0.25) is 5.91 Å². The molecule has 1 aliphatic rings. The van der Waals surface area contributed by atoms with Crippen molar-refractivity contribution in [2.75, 3.05) is 32.7 Å². The van der Waals surface area contributed by atoms with E-state index in [0.717, 1.165) is 25.2 Å². The zero-order valence-electron chi connectivity index (χ0n) is 13.3. The molecule has 3 N–H and O–H groups in total. The Balaban J connectivity index is 0.00000288. The standard InChI is InChI=1S/C16H21ClN4O2.ClH/c1-2-6-19-16(23)20-15(22)11-21-8-7-18-10-14(21)12-4-3-5-13(17)9-12;/h2-5,9,14,18H,1,6-8,10-11H2,(H2,19,20,22,23);1H. The van der Waals surface area contributed by atoms with E-state index in [0.29, 0.717) is 11.6 Å². The van der Waals surface area contributed by atoms with Crippen molar-refractivity contribution in [1.29, 1.82) is 0 Å². The summed E-state index contributed by atoms with van der Waals surface area (Å²) >= 11 is 6.06. The van der Waals surface area contributed by atoms with Gasteiger partial charge in [0, 0.05) is 37.2 Å². The summed E-state index contributed by atoms with van der Waals surface area (Å²) in [6, 6.07) is 7.15. The normalized spacial score (nSPS) is 17.5. The van der Waals surface area contributed by atoms with Crippen LogP contribution in [0.15, 0.2) is 36.9 Å². The zero-order chi connectivity index (χ0) is 16.7. The number of benzene rings is 1. The molecule has 132 valence electrons. The van der Waals surface area contributed by atoms with Crippen LogP contribution in [0.1, 0.15) is 11.6 Å². The van der Waals surface area contributed by atoms with Crippen LogP contribution < -0.4 is 16.0 Å². The van der Waals surface area contributed by atoms with Crippen LogP contribution in [0.3, 0.4) is 0 Å². The maximum atomic E-state index is 12.0. The first-order chi connectivity index (χ1) is 11.1. The number of carbonyl (C=O) groups is 2. The predicted octanol–water partition coefficient (Wildman–Crippen LogP) is 1.72. The van der Waals surface area contributed by atoms with Crippen molar-refractivity contribution < 1.29 is 9.59 Å². The Hall–Kier alpha value is -1.60. The third-order valence-corrected chi connectivity index (χ3v) is 3.83. The van der Waals surface area contributed by atoms with E-state index in [2.05, 4.69) is 22.5 Å². The minimum absolute atomic E-state index is 0. The number of hydrogen-bond donors (Lipinski definition) is 3. The second-order valence-electron chi connectivity index (χ2n) is 5.29. The van der Waals surface area contributed by atoms with Gasteiger partial charge in [-0.15, -0.1) is 19.0 Å². The summed E-state index contributed by atoms with van der Waals surface area (Å²) in [7, 11) is 0. The minimum Gasteiger partial charge on any atom is -0.334 e. The number of nitrogens with zero attached hydrogens (tertiary/aromatic N) is 1. The third kappa shape index (κ3) is 6.13. The molecule has 8 heteroatoms. The van der Waals surface area contributed by atoms with Gasteiger partial charge < -0.3 is 10.6 Å². The molecule has 3 amide bonds. The van der Waals surface area contributed by atoms with Gasteiger partial charge in [0.1, 0.15) is 0 Å². The molecule has 1 atom stereocenters. The summed E-state index contributed by atoms with van der Waals surface area (Å²) in [5, 5.41) is 8.82. The summed E-state index contributed by atoms with van der Waals surface area (Å²) in [5.74, 6) is -0.333. The summed E-state index contributed by atoms with van der Waals surface area (Å²) in [6.45, 7) is 6.23. The largest absolute Gasteiger partial charge is 0.334 e. The van der Waals surface area contributed by atoms with Gasteiger partial charge in [0.15, 0.2) is 0 Å². The second-order valence-corrected chi connectivity index (χ2v) is 5.73. The third-order valence-electron chi connectivity index (χ3n) is 3.59.